The van der Waals surface area contributed by atoms with Gasteiger partial charge in [0.2, 0.25) is 0 Å². The van der Waals surface area contributed by atoms with E-state index in [1.165, 1.54) is 12.0 Å². The Bertz CT molecular complexity index is 833. The molecule has 0 aliphatic carbocycles. The topological polar surface area (TPSA) is 64.4 Å². The quantitative estimate of drug-likeness (QED) is 0.788. The highest BCUT2D eigenvalue weighted by molar-refractivity contribution is 6.10. The second-order valence-corrected chi connectivity index (χ2v) is 7.30. The number of methoxy groups -OCH3 is 1. The molecular formula is C19H23N3O3. The summed E-state index contributed by atoms with van der Waals surface area (Å²) in [5.41, 5.74) is 2.70. The molecule has 1 atom stereocenters. The van der Waals surface area contributed by atoms with Crippen LogP contribution in [0.25, 0.3) is 0 Å². The Labute approximate surface area is 147 Å². The minimum Gasteiger partial charge on any atom is -0.467 e. The van der Waals surface area contributed by atoms with E-state index in [-0.39, 0.29) is 11.4 Å². The molecule has 1 amide bonds. The van der Waals surface area contributed by atoms with Crippen LogP contribution in [0.4, 0.5) is 5.69 Å². The largest absolute Gasteiger partial charge is 0.467 e. The molecule has 132 valence electrons. The molecule has 1 aliphatic rings. The van der Waals surface area contributed by atoms with E-state index in [4.69, 9.17) is 4.74 Å². The average Bonchev–Trinajstić information content (AvgIpc) is 3.14. The zero-order chi connectivity index (χ0) is 18.4. The Balaban J connectivity index is 2.03. The Morgan fingerprint density at radius 3 is 2.52 bits per heavy atom. The van der Waals surface area contributed by atoms with Crippen LogP contribution in [0.5, 0.6) is 0 Å². The number of fused-ring (bicyclic) bond motifs is 1. The molecule has 2 heterocycles. The van der Waals surface area contributed by atoms with Crippen molar-refractivity contribution in [2.24, 2.45) is 0 Å². The highest BCUT2D eigenvalue weighted by Gasteiger charge is 2.40. The number of para-hydroxylation sites is 1. The number of hydrogen-bond acceptors (Lipinski definition) is 4. The van der Waals surface area contributed by atoms with Crippen molar-refractivity contribution in [1.82, 2.24) is 9.78 Å². The number of esters is 1. The van der Waals surface area contributed by atoms with Gasteiger partial charge < -0.3 is 4.74 Å². The number of benzene rings is 1. The third kappa shape index (κ3) is 2.92. The summed E-state index contributed by atoms with van der Waals surface area (Å²) in [5.74, 6) is -0.706. The third-order valence-electron chi connectivity index (χ3n) is 4.41. The van der Waals surface area contributed by atoms with Crippen LogP contribution in [0.2, 0.25) is 0 Å². The monoisotopic (exact) mass is 341 g/mol. The van der Waals surface area contributed by atoms with Gasteiger partial charge in [0.25, 0.3) is 5.91 Å². The molecule has 1 aromatic heterocycles. The first-order valence-electron chi connectivity index (χ1n) is 8.30. The molecule has 0 bridgehead atoms. The average molecular weight is 341 g/mol. The summed E-state index contributed by atoms with van der Waals surface area (Å²) in [6, 6.07) is 8.65. The number of aromatic nitrogens is 2. The second-order valence-electron chi connectivity index (χ2n) is 7.30. The van der Waals surface area contributed by atoms with Crippen LogP contribution >= 0.6 is 0 Å². The molecule has 6 heteroatoms. The summed E-state index contributed by atoms with van der Waals surface area (Å²) in [6.07, 6.45) is 0.452. The minimum absolute atomic E-state index is 0.229. The summed E-state index contributed by atoms with van der Waals surface area (Å²) in [7, 11) is 1.34. The lowest BCUT2D eigenvalue weighted by Crippen LogP contribution is -2.43. The molecule has 0 spiro atoms. The summed E-state index contributed by atoms with van der Waals surface area (Å²) >= 11 is 0. The molecule has 1 aromatic carbocycles. The van der Waals surface area contributed by atoms with E-state index in [1.807, 2.05) is 56.6 Å². The highest BCUT2D eigenvalue weighted by Crippen LogP contribution is 2.34. The van der Waals surface area contributed by atoms with Crippen LogP contribution in [-0.2, 0) is 21.5 Å². The van der Waals surface area contributed by atoms with Gasteiger partial charge in [0.15, 0.2) is 5.69 Å². The standard InChI is InChI=1S/C19H23N3O3/c1-12-10-14(20-22(12)19(2,3)4)17(23)21-15-9-7-6-8-13(15)11-16(21)18(24)25-5/h6-10,16H,11H2,1-5H3/t16-/m0/s1. The number of ether oxygens (including phenoxy) is 1. The van der Waals surface area contributed by atoms with Crippen LogP contribution in [0.1, 0.15) is 42.5 Å². The fourth-order valence-electron chi connectivity index (χ4n) is 3.34. The van der Waals surface area contributed by atoms with Gasteiger partial charge >= 0.3 is 5.97 Å². The molecule has 0 fully saturated rings. The molecule has 25 heavy (non-hydrogen) atoms. The maximum Gasteiger partial charge on any atom is 0.329 e. The smallest absolute Gasteiger partial charge is 0.329 e. The zero-order valence-corrected chi connectivity index (χ0v) is 15.2. The van der Waals surface area contributed by atoms with E-state index in [0.29, 0.717) is 12.1 Å². The van der Waals surface area contributed by atoms with Crippen molar-refractivity contribution in [2.75, 3.05) is 12.0 Å². The molecule has 0 saturated heterocycles. The molecule has 2 aromatic rings. The molecule has 6 nitrogen and oxygen atoms in total. The second kappa shape index (κ2) is 6.02. The number of hydrogen-bond donors (Lipinski definition) is 0. The Kier molecular flexibility index (Phi) is 4.14. The van der Waals surface area contributed by atoms with Gasteiger partial charge in [0.1, 0.15) is 6.04 Å². The normalized spacial score (nSPS) is 16.7. The van der Waals surface area contributed by atoms with Crippen molar-refractivity contribution in [2.45, 2.75) is 45.7 Å². The maximum atomic E-state index is 13.2. The minimum atomic E-state index is -0.657. The molecule has 1 aliphatic heterocycles. The van der Waals surface area contributed by atoms with Crippen LogP contribution in [0, 0.1) is 6.92 Å². The summed E-state index contributed by atoms with van der Waals surface area (Å²) in [6.45, 7) is 8.02. The number of anilines is 1. The zero-order valence-electron chi connectivity index (χ0n) is 15.2. The summed E-state index contributed by atoms with van der Waals surface area (Å²) < 4.78 is 6.74. The van der Waals surface area contributed by atoms with E-state index < -0.39 is 12.0 Å². The predicted octanol–water partition coefficient (Wildman–Crippen LogP) is 2.69. The molecule has 0 unspecified atom stereocenters. The SMILES string of the molecule is COC(=O)[C@@H]1Cc2ccccc2N1C(=O)c1cc(C)n(C(C)(C)C)n1. The number of rotatable bonds is 2. The van der Waals surface area contributed by atoms with Crippen LogP contribution in [0.15, 0.2) is 30.3 Å². The van der Waals surface area contributed by atoms with Gasteiger partial charge in [-0.05, 0) is 45.4 Å². The highest BCUT2D eigenvalue weighted by atomic mass is 16.5. The number of nitrogens with zero attached hydrogens (tertiary/aromatic N) is 3. The summed E-state index contributed by atoms with van der Waals surface area (Å²) in [5, 5.41) is 4.49. The lowest BCUT2D eigenvalue weighted by molar-refractivity contribution is -0.141. The molecule has 0 saturated carbocycles. The fraction of sp³-hybridized carbons (Fsp3) is 0.421. The molecule has 0 radical (unpaired) electrons. The van der Waals surface area contributed by atoms with E-state index in [2.05, 4.69) is 5.10 Å². The van der Waals surface area contributed by atoms with E-state index in [9.17, 15) is 9.59 Å². The molecule has 0 N–H and O–H groups in total. The molecule has 3 rings (SSSR count). The Morgan fingerprint density at radius 2 is 1.92 bits per heavy atom. The van der Waals surface area contributed by atoms with Crippen molar-refractivity contribution in [1.29, 1.82) is 0 Å². The third-order valence-corrected chi connectivity index (χ3v) is 4.41. The van der Waals surface area contributed by atoms with Crippen LogP contribution in [0.3, 0.4) is 0 Å². The van der Waals surface area contributed by atoms with Gasteiger partial charge in [0.05, 0.1) is 12.6 Å². The fourth-order valence-corrected chi connectivity index (χ4v) is 3.34. The first-order valence-corrected chi connectivity index (χ1v) is 8.30. The number of carbonyl (C=O) groups excluding carboxylic acids is 2. The van der Waals surface area contributed by atoms with Gasteiger partial charge in [-0.15, -0.1) is 0 Å². The number of amides is 1. The summed E-state index contributed by atoms with van der Waals surface area (Å²) in [4.78, 5) is 26.9. The first-order chi connectivity index (χ1) is 11.7. The lowest BCUT2D eigenvalue weighted by atomic mass is 10.1. The van der Waals surface area contributed by atoms with E-state index in [0.717, 1.165) is 16.9 Å². The van der Waals surface area contributed by atoms with Crippen LogP contribution in [-0.4, -0.2) is 34.8 Å². The number of aryl methyl sites for hydroxylation is 1. The van der Waals surface area contributed by atoms with Gasteiger partial charge in [-0.1, -0.05) is 18.2 Å². The van der Waals surface area contributed by atoms with Crippen molar-refractivity contribution < 1.29 is 14.3 Å². The van der Waals surface area contributed by atoms with Crippen molar-refractivity contribution in [3.8, 4) is 0 Å². The molecular weight excluding hydrogens is 318 g/mol. The van der Waals surface area contributed by atoms with Crippen LogP contribution < -0.4 is 4.90 Å². The first kappa shape index (κ1) is 17.2. The Hall–Kier alpha value is -2.63. The Morgan fingerprint density at radius 1 is 1.24 bits per heavy atom. The lowest BCUT2D eigenvalue weighted by Gasteiger charge is -2.23. The van der Waals surface area contributed by atoms with Crippen molar-refractivity contribution in [3.63, 3.8) is 0 Å². The maximum absolute atomic E-state index is 13.2. The van der Waals surface area contributed by atoms with Gasteiger partial charge in [0, 0.05) is 17.8 Å². The van der Waals surface area contributed by atoms with E-state index in [1.54, 1.807) is 6.07 Å². The van der Waals surface area contributed by atoms with Gasteiger partial charge in [-0.25, -0.2) is 4.79 Å². The van der Waals surface area contributed by atoms with Gasteiger partial charge in [-0.3, -0.25) is 14.4 Å². The van der Waals surface area contributed by atoms with E-state index >= 15 is 0 Å². The van der Waals surface area contributed by atoms with Gasteiger partial charge in [-0.2, -0.15) is 5.10 Å². The van der Waals surface area contributed by atoms with Crippen molar-refractivity contribution in [3.05, 3.63) is 47.3 Å². The predicted molar refractivity (Wildman–Crippen MR) is 94.7 cm³/mol. The number of carbonyl (C=O) groups is 2. The van der Waals surface area contributed by atoms with Crippen molar-refractivity contribution >= 4 is 17.6 Å².